The first-order chi connectivity index (χ1) is 6.50. The maximum Gasteiger partial charge on any atom is 0.221 e. The lowest BCUT2D eigenvalue weighted by Crippen LogP contribution is -2.28. The van der Waals surface area contributed by atoms with E-state index < -0.39 is 0 Å². The van der Waals surface area contributed by atoms with Crippen LogP contribution in [0.5, 0.6) is 0 Å². The molecule has 0 radical (unpaired) electrons. The minimum atomic E-state index is -0.158. The molecule has 0 aromatic carbocycles. The maximum absolute atomic E-state index is 11.0. The van der Waals surface area contributed by atoms with Gasteiger partial charge in [0.15, 0.2) is 0 Å². The van der Waals surface area contributed by atoms with Crippen LogP contribution in [0.4, 0.5) is 0 Å². The van der Waals surface area contributed by atoms with Gasteiger partial charge in [-0.1, -0.05) is 27.2 Å². The van der Waals surface area contributed by atoms with E-state index in [0.29, 0.717) is 24.2 Å². The fraction of sp³-hybridized carbons (Fsp3) is 0.917. The summed E-state index contributed by atoms with van der Waals surface area (Å²) in [6.07, 6.45) is 4.35. The van der Waals surface area contributed by atoms with Gasteiger partial charge in [0.25, 0.3) is 0 Å². The summed E-state index contributed by atoms with van der Waals surface area (Å²) in [5, 5.41) is -0.158. The van der Waals surface area contributed by atoms with Crippen molar-refractivity contribution >= 4 is 16.8 Å². The first-order valence-electron chi connectivity index (χ1n) is 5.69. The molecule has 1 saturated carbocycles. The molecule has 0 aromatic rings. The van der Waals surface area contributed by atoms with Crippen LogP contribution in [-0.2, 0) is 4.79 Å². The molecule has 1 rings (SSSR count). The fourth-order valence-electron chi connectivity index (χ4n) is 2.84. The quantitative estimate of drug-likeness (QED) is 0.655. The molecule has 3 atom stereocenters. The van der Waals surface area contributed by atoms with Crippen LogP contribution in [-0.4, -0.2) is 5.24 Å². The number of rotatable bonds is 3. The third-order valence-electron chi connectivity index (χ3n) is 3.58. The molecule has 0 heterocycles. The van der Waals surface area contributed by atoms with Gasteiger partial charge < -0.3 is 0 Å². The number of hydrogen-bond donors (Lipinski definition) is 0. The van der Waals surface area contributed by atoms with Crippen molar-refractivity contribution in [2.45, 2.75) is 46.5 Å². The predicted octanol–water partition coefficient (Wildman–Crippen LogP) is 3.85. The molecule has 1 fully saturated rings. The lowest BCUT2D eigenvalue weighted by molar-refractivity contribution is -0.113. The summed E-state index contributed by atoms with van der Waals surface area (Å²) in [6, 6.07) is 0. The summed E-state index contributed by atoms with van der Waals surface area (Å²) < 4.78 is 0. The Morgan fingerprint density at radius 3 is 2.57 bits per heavy atom. The Balaban J connectivity index is 2.58. The molecule has 82 valence electrons. The second-order valence-electron chi connectivity index (χ2n) is 5.15. The van der Waals surface area contributed by atoms with Crippen molar-refractivity contribution in [3.63, 3.8) is 0 Å². The highest BCUT2D eigenvalue weighted by molar-refractivity contribution is 6.63. The highest BCUT2D eigenvalue weighted by atomic mass is 35.5. The van der Waals surface area contributed by atoms with E-state index >= 15 is 0 Å². The number of carbonyl (C=O) groups is 1. The van der Waals surface area contributed by atoms with E-state index in [2.05, 4.69) is 20.8 Å². The highest BCUT2D eigenvalue weighted by Crippen LogP contribution is 2.39. The maximum atomic E-state index is 11.0. The minimum absolute atomic E-state index is 0.158. The average molecular weight is 217 g/mol. The van der Waals surface area contributed by atoms with Gasteiger partial charge in [-0.25, -0.2) is 0 Å². The van der Waals surface area contributed by atoms with Gasteiger partial charge in [-0.05, 0) is 48.1 Å². The van der Waals surface area contributed by atoms with Gasteiger partial charge in [-0.15, -0.1) is 0 Å². The topological polar surface area (TPSA) is 17.1 Å². The molecule has 0 N–H and O–H groups in total. The molecule has 0 spiro atoms. The van der Waals surface area contributed by atoms with Gasteiger partial charge in [0, 0.05) is 6.42 Å². The van der Waals surface area contributed by atoms with Crippen molar-refractivity contribution < 1.29 is 4.79 Å². The molecule has 0 amide bonds. The molecular weight excluding hydrogens is 196 g/mol. The largest absolute Gasteiger partial charge is 0.281 e. The van der Waals surface area contributed by atoms with E-state index in [9.17, 15) is 4.79 Å². The van der Waals surface area contributed by atoms with Crippen LogP contribution in [0.15, 0.2) is 0 Å². The zero-order valence-corrected chi connectivity index (χ0v) is 10.2. The molecule has 1 nitrogen and oxygen atoms in total. The summed E-state index contributed by atoms with van der Waals surface area (Å²) in [6.45, 7) is 6.79. The van der Waals surface area contributed by atoms with Gasteiger partial charge >= 0.3 is 0 Å². The molecule has 0 unspecified atom stereocenters. The van der Waals surface area contributed by atoms with Gasteiger partial charge in [0.1, 0.15) is 0 Å². The average Bonchev–Trinajstić information content (AvgIpc) is 2.01. The standard InChI is InChI=1S/C12H21ClO/c1-8(2)11-5-4-9(3)6-10(11)7-12(13)14/h8-11H,4-7H2,1-3H3/t9-,10-,11+/m1/s1. The van der Waals surface area contributed by atoms with E-state index in [1.165, 1.54) is 19.3 Å². The molecular formula is C12H21ClO. The number of halogens is 1. The Hall–Kier alpha value is -0.0400. The first kappa shape index (κ1) is 12.0. The molecule has 1 aliphatic carbocycles. The first-order valence-corrected chi connectivity index (χ1v) is 6.06. The molecule has 0 bridgehead atoms. The summed E-state index contributed by atoms with van der Waals surface area (Å²) >= 11 is 5.49. The van der Waals surface area contributed by atoms with Crippen molar-refractivity contribution in [1.29, 1.82) is 0 Å². The molecule has 1 aliphatic rings. The van der Waals surface area contributed by atoms with Crippen molar-refractivity contribution in [3.8, 4) is 0 Å². The van der Waals surface area contributed by atoms with Crippen LogP contribution in [0.3, 0.4) is 0 Å². The fourth-order valence-corrected chi connectivity index (χ4v) is 3.04. The summed E-state index contributed by atoms with van der Waals surface area (Å²) in [7, 11) is 0. The van der Waals surface area contributed by atoms with Crippen molar-refractivity contribution in [1.82, 2.24) is 0 Å². The van der Waals surface area contributed by atoms with Gasteiger partial charge in [0.2, 0.25) is 5.24 Å². The van der Waals surface area contributed by atoms with Crippen LogP contribution in [0.2, 0.25) is 0 Å². The van der Waals surface area contributed by atoms with Crippen molar-refractivity contribution in [2.24, 2.45) is 23.7 Å². The van der Waals surface area contributed by atoms with Crippen molar-refractivity contribution in [3.05, 3.63) is 0 Å². The lowest BCUT2D eigenvalue weighted by atomic mass is 9.69. The molecule has 2 heteroatoms. The van der Waals surface area contributed by atoms with E-state index in [4.69, 9.17) is 11.6 Å². The van der Waals surface area contributed by atoms with Crippen LogP contribution < -0.4 is 0 Å². The Kier molecular flexibility index (Phi) is 4.43. The predicted molar refractivity (Wildman–Crippen MR) is 60.3 cm³/mol. The molecule has 14 heavy (non-hydrogen) atoms. The Morgan fingerprint density at radius 1 is 1.43 bits per heavy atom. The lowest BCUT2D eigenvalue weighted by Gasteiger charge is -2.36. The van der Waals surface area contributed by atoms with Gasteiger partial charge in [-0.3, -0.25) is 4.79 Å². The SMILES string of the molecule is CC(C)[C@@H]1CC[C@@H](C)C[C@@H]1CC(=O)Cl. The number of carbonyl (C=O) groups excluding carboxylic acids is 1. The number of hydrogen-bond acceptors (Lipinski definition) is 1. The third-order valence-corrected chi connectivity index (χ3v) is 3.74. The van der Waals surface area contributed by atoms with Crippen LogP contribution in [0, 0.1) is 23.7 Å². The minimum Gasteiger partial charge on any atom is -0.281 e. The Bertz CT molecular complexity index is 200. The third kappa shape index (κ3) is 3.27. The normalized spacial score (nSPS) is 33.4. The second-order valence-corrected chi connectivity index (χ2v) is 5.57. The zero-order valence-electron chi connectivity index (χ0n) is 9.42. The Morgan fingerprint density at radius 2 is 2.07 bits per heavy atom. The van der Waals surface area contributed by atoms with E-state index in [0.717, 1.165) is 5.92 Å². The smallest absolute Gasteiger partial charge is 0.221 e. The van der Waals surface area contributed by atoms with E-state index in [1.54, 1.807) is 0 Å². The second kappa shape index (κ2) is 5.16. The van der Waals surface area contributed by atoms with Crippen LogP contribution >= 0.6 is 11.6 Å². The Labute approximate surface area is 92.2 Å². The summed E-state index contributed by atoms with van der Waals surface area (Å²) in [4.78, 5) is 11.0. The van der Waals surface area contributed by atoms with Crippen LogP contribution in [0.25, 0.3) is 0 Å². The monoisotopic (exact) mass is 216 g/mol. The van der Waals surface area contributed by atoms with Gasteiger partial charge in [-0.2, -0.15) is 0 Å². The van der Waals surface area contributed by atoms with Crippen LogP contribution in [0.1, 0.15) is 46.5 Å². The summed E-state index contributed by atoms with van der Waals surface area (Å²) in [5.41, 5.74) is 0. The molecule has 0 aliphatic heterocycles. The zero-order chi connectivity index (χ0) is 10.7. The summed E-state index contributed by atoms with van der Waals surface area (Å²) in [5.74, 6) is 2.69. The highest BCUT2D eigenvalue weighted by Gasteiger charge is 2.31. The van der Waals surface area contributed by atoms with Crippen molar-refractivity contribution in [2.75, 3.05) is 0 Å². The van der Waals surface area contributed by atoms with E-state index in [-0.39, 0.29) is 5.24 Å². The van der Waals surface area contributed by atoms with Gasteiger partial charge in [0.05, 0.1) is 0 Å². The molecule has 0 aromatic heterocycles. The van der Waals surface area contributed by atoms with E-state index in [1.807, 2.05) is 0 Å². The molecule has 0 saturated heterocycles.